The first-order valence-electron chi connectivity index (χ1n) is 9.01. The van der Waals surface area contributed by atoms with E-state index in [0.29, 0.717) is 0 Å². The van der Waals surface area contributed by atoms with E-state index < -0.39 is 5.97 Å². The molecule has 28 heavy (non-hydrogen) atoms. The van der Waals surface area contributed by atoms with Crippen LogP contribution < -0.4 is 0 Å². The Morgan fingerprint density at radius 1 is 0.714 bits per heavy atom. The first-order chi connectivity index (χ1) is 13.7. The molecule has 2 aromatic heterocycles. The van der Waals surface area contributed by atoms with Crippen LogP contribution in [0, 0.1) is 0 Å². The highest BCUT2D eigenvalue weighted by Crippen LogP contribution is 2.32. The van der Waals surface area contributed by atoms with Crippen LogP contribution in [0.2, 0.25) is 0 Å². The van der Waals surface area contributed by atoms with E-state index in [1.165, 1.54) is 27.9 Å². The largest absolute Gasteiger partial charge is 0.477 e. The van der Waals surface area contributed by atoms with E-state index in [1.54, 1.807) is 12.3 Å². The molecule has 0 aliphatic carbocycles. The number of fused-ring (bicyclic) bond motifs is 3. The molecule has 0 unspecified atom stereocenters. The van der Waals surface area contributed by atoms with Gasteiger partial charge in [-0.15, -0.1) is 0 Å². The quantitative estimate of drug-likeness (QED) is 0.457. The maximum Gasteiger partial charge on any atom is 0.354 e. The summed E-state index contributed by atoms with van der Waals surface area (Å²) in [6.07, 6.45) is 1.60. The Balaban J connectivity index is 1.62. The first kappa shape index (κ1) is 16.3. The minimum Gasteiger partial charge on any atom is -0.477 e. The Bertz CT molecular complexity index is 1260. The van der Waals surface area contributed by atoms with Crippen LogP contribution in [-0.2, 0) is 0 Å². The fourth-order valence-electron chi connectivity index (χ4n) is 3.69. The molecule has 4 heteroatoms. The molecule has 0 fully saturated rings. The van der Waals surface area contributed by atoms with Crippen LogP contribution in [0.15, 0.2) is 91.1 Å². The number of para-hydroxylation sites is 2. The van der Waals surface area contributed by atoms with Crippen molar-refractivity contribution < 1.29 is 9.90 Å². The molecule has 5 aromatic rings. The van der Waals surface area contributed by atoms with E-state index in [-0.39, 0.29) is 5.69 Å². The molecule has 5 rings (SSSR count). The van der Waals surface area contributed by atoms with Gasteiger partial charge < -0.3 is 9.67 Å². The number of hydrogen-bond donors (Lipinski definition) is 1. The standard InChI is InChI=1S/C24H16N2O2/c27-24(28)21-14-11-17(15-25-21)16-9-12-18(13-10-16)26-22-7-3-1-5-19(22)20-6-2-4-8-23(20)26/h1-15H,(H,27,28). The normalized spacial score (nSPS) is 11.1. The average Bonchev–Trinajstić information content (AvgIpc) is 3.08. The lowest BCUT2D eigenvalue weighted by Gasteiger charge is -2.09. The van der Waals surface area contributed by atoms with Crippen LogP contribution in [0.5, 0.6) is 0 Å². The zero-order valence-electron chi connectivity index (χ0n) is 14.9. The van der Waals surface area contributed by atoms with Gasteiger partial charge in [0.2, 0.25) is 0 Å². The average molecular weight is 364 g/mol. The predicted octanol–water partition coefficient (Wildman–Crippen LogP) is 5.54. The third-order valence-corrected chi connectivity index (χ3v) is 5.02. The molecule has 1 N–H and O–H groups in total. The second-order valence-corrected chi connectivity index (χ2v) is 6.65. The summed E-state index contributed by atoms with van der Waals surface area (Å²) in [5, 5.41) is 11.5. The molecular weight excluding hydrogens is 348 g/mol. The van der Waals surface area contributed by atoms with Crippen molar-refractivity contribution in [3.8, 4) is 16.8 Å². The monoisotopic (exact) mass is 364 g/mol. The summed E-state index contributed by atoms with van der Waals surface area (Å²) in [5.74, 6) is -1.02. The summed E-state index contributed by atoms with van der Waals surface area (Å²) in [6, 6.07) is 28.4. The minimum absolute atomic E-state index is 0.0469. The SMILES string of the molecule is O=C(O)c1ccc(-c2ccc(-n3c4ccccc4c4ccccc43)cc2)cn1. The Hall–Kier alpha value is -3.92. The van der Waals surface area contributed by atoms with Crippen molar-refractivity contribution in [2.45, 2.75) is 0 Å². The fourth-order valence-corrected chi connectivity index (χ4v) is 3.69. The van der Waals surface area contributed by atoms with Gasteiger partial charge in [0.25, 0.3) is 0 Å². The van der Waals surface area contributed by atoms with Crippen LogP contribution in [0.4, 0.5) is 0 Å². The molecule has 0 aliphatic rings. The van der Waals surface area contributed by atoms with E-state index in [9.17, 15) is 4.79 Å². The van der Waals surface area contributed by atoms with Crippen molar-refractivity contribution in [1.82, 2.24) is 9.55 Å². The molecule has 0 atom stereocenters. The van der Waals surface area contributed by atoms with Crippen molar-refractivity contribution >= 4 is 27.8 Å². The predicted molar refractivity (Wildman–Crippen MR) is 111 cm³/mol. The van der Waals surface area contributed by atoms with Crippen molar-refractivity contribution in [3.05, 3.63) is 96.8 Å². The number of aromatic nitrogens is 2. The highest BCUT2D eigenvalue weighted by molar-refractivity contribution is 6.09. The zero-order valence-corrected chi connectivity index (χ0v) is 14.9. The van der Waals surface area contributed by atoms with Gasteiger partial charge in [0.15, 0.2) is 0 Å². The molecule has 0 spiro atoms. The molecule has 0 saturated heterocycles. The van der Waals surface area contributed by atoms with Gasteiger partial charge in [-0.1, -0.05) is 54.6 Å². The van der Waals surface area contributed by atoms with Crippen molar-refractivity contribution in [2.75, 3.05) is 0 Å². The highest BCUT2D eigenvalue weighted by Gasteiger charge is 2.11. The summed E-state index contributed by atoms with van der Waals surface area (Å²) in [4.78, 5) is 15.0. The van der Waals surface area contributed by atoms with Crippen LogP contribution >= 0.6 is 0 Å². The van der Waals surface area contributed by atoms with E-state index in [0.717, 1.165) is 16.8 Å². The number of benzene rings is 3. The zero-order chi connectivity index (χ0) is 19.1. The van der Waals surface area contributed by atoms with Crippen molar-refractivity contribution in [3.63, 3.8) is 0 Å². The Morgan fingerprint density at radius 3 is 1.82 bits per heavy atom. The maximum atomic E-state index is 11.0. The molecule has 134 valence electrons. The number of nitrogens with zero attached hydrogens (tertiary/aromatic N) is 2. The lowest BCUT2D eigenvalue weighted by Crippen LogP contribution is -1.99. The smallest absolute Gasteiger partial charge is 0.354 e. The van der Waals surface area contributed by atoms with Crippen LogP contribution in [0.3, 0.4) is 0 Å². The van der Waals surface area contributed by atoms with Gasteiger partial charge in [0.05, 0.1) is 11.0 Å². The first-order valence-corrected chi connectivity index (χ1v) is 9.01. The van der Waals surface area contributed by atoms with Gasteiger partial charge in [-0.25, -0.2) is 9.78 Å². The van der Waals surface area contributed by atoms with Crippen LogP contribution in [-0.4, -0.2) is 20.6 Å². The number of carboxylic acid groups (broad SMARTS) is 1. The lowest BCUT2D eigenvalue weighted by atomic mass is 10.1. The summed E-state index contributed by atoms with van der Waals surface area (Å²) < 4.78 is 2.26. The van der Waals surface area contributed by atoms with Gasteiger partial charge in [0, 0.05) is 28.2 Å². The molecular formula is C24H16N2O2. The number of aromatic carboxylic acids is 1. The fraction of sp³-hybridized carbons (Fsp3) is 0. The van der Waals surface area contributed by atoms with Crippen LogP contribution in [0.25, 0.3) is 38.6 Å². The van der Waals surface area contributed by atoms with E-state index in [2.05, 4.69) is 70.2 Å². The number of pyridine rings is 1. The number of rotatable bonds is 3. The lowest BCUT2D eigenvalue weighted by molar-refractivity contribution is 0.0690. The van der Waals surface area contributed by atoms with Gasteiger partial charge in [0.1, 0.15) is 5.69 Å². The molecule has 0 saturated carbocycles. The summed E-state index contributed by atoms with van der Waals surface area (Å²) in [7, 11) is 0. The molecule has 0 amide bonds. The Morgan fingerprint density at radius 2 is 1.29 bits per heavy atom. The topological polar surface area (TPSA) is 55.1 Å². The van der Waals surface area contributed by atoms with E-state index in [1.807, 2.05) is 12.1 Å². The molecule has 0 radical (unpaired) electrons. The molecule has 4 nitrogen and oxygen atoms in total. The number of carboxylic acids is 1. The minimum atomic E-state index is -1.02. The Kier molecular flexibility index (Phi) is 3.69. The summed E-state index contributed by atoms with van der Waals surface area (Å²) >= 11 is 0. The molecule has 0 bridgehead atoms. The van der Waals surface area contributed by atoms with Gasteiger partial charge >= 0.3 is 5.97 Å². The summed E-state index contributed by atoms with van der Waals surface area (Å²) in [6.45, 7) is 0. The van der Waals surface area contributed by atoms with Crippen molar-refractivity contribution in [2.24, 2.45) is 0 Å². The molecule has 3 aromatic carbocycles. The highest BCUT2D eigenvalue weighted by atomic mass is 16.4. The van der Waals surface area contributed by atoms with Gasteiger partial charge in [-0.3, -0.25) is 0 Å². The van der Waals surface area contributed by atoms with Gasteiger partial charge in [-0.05, 0) is 35.9 Å². The number of carbonyl (C=O) groups is 1. The van der Waals surface area contributed by atoms with Gasteiger partial charge in [-0.2, -0.15) is 0 Å². The van der Waals surface area contributed by atoms with E-state index >= 15 is 0 Å². The maximum absolute atomic E-state index is 11.0. The van der Waals surface area contributed by atoms with E-state index in [4.69, 9.17) is 5.11 Å². The van der Waals surface area contributed by atoms with Crippen molar-refractivity contribution in [1.29, 1.82) is 0 Å². The second kappa shape index (κ2) is 6.35. The number of hydrogen-bond acceptors (Lipinski definition) is 2. The third kappa shape index (κ3) is 2.55. The second-order valence-electron chi connectivity index (χ2n) is 6.65. The third-order valence-electron chi connectivity index (χ3n) is 5.02. The Labute approximate surface area is 161 Å². The molecule has 0 aliphatic heterocycles. The van der Waals surface area contributed by atoms with Crippen LogP contribution in [0.1, 0.15) is 10.5 Å². The summed E-state index contributed by atoms with van der Waals surface area (Å²) in [5.41, 5.74) is 5.35. The molecule has 2 heterocycles.